The zero-order valence-corrected chi connectivity index (χ0v) is 13.1. The fraction of sp³-hybridized carbons (Fsp3) is 1.00. The van der Waals surface area contributed by atoms with Crippen LogP contribution in [0, 0.1) is 0 Å². The van der Waals surface area contributed by atoms with E-state index in [0.717, 1.165) is 0 Å². The summed E-state index contributed by atoms with van der Waals surface area (Å²) >= 11 is 7.52. The molecule has 0 rings (SSSR count). The van der Waals surface area contributed by atoms with E-state index in [-0.39, 0.29) is 59.1 Å². The van der Waals surface area contributed by atoms with Gasteiger partial charge in [0.15, 0.2) is 0 Å². The minimum absolute atomic E-state index is 0. The van der Waals surface area contributed by atoms with Gasteiger partial charge in [-0.05, 0) is 0 Å². The van der Waals surface area contributed by atoms with Gasteiger partial charge in [0.1, 0.15) is 0 Å². The predicted octanol–water partition coefficient (Wildman–Crippen LogP) is -6.23. The Bertz CT molecular complexity index is 169. The molecule has 8 heteroatoms. The minimum Gasteiger partial charge on any atom is -0.748 e. The number of rotatable bonds is 3. The molecule has 0 aliphatic rings. The third kappa shape index (κ3) is 15.4. The van der Waals surface area contributed by atoms with Crippen molar-refractivity contribution in [3.63, 3.8) is 0 Å². The second-order valence-electron chi connectivity index (χ2n) is 1.56. The molecule has 0 aromatic rings. The van der Waals surface area contributed by atoms with Crippen LogP contribution < -0.4 is 59.1 Å². The molecule has 0 saturated heterocycles. The van der Waals surface area contributed by atoms with Crippen molar-refractivity contribution in [2.75, 3.05) is 11.5 Å². The molecule has 0 radical (unpaired) electrons. The summed E-state index contributed by atoms with van der Waals surface area (Å²) in [6.07, 6.45) is 0. The maximum absolute atomic E-state index is 9.96. The van der Waals surface area contributed by atoms with Gasteiger partial charge in [0.05, 0.1) is 15.9 Å². The third-order valence-corrected chi connectivity index (χ3v) is 2.76. The molecule has 0 saturated carbocycles. The Labute approximate surface area is 122 Å². The van der Waals surface area contributed by atoms with E-state index >= 15 is 0 Å². The van der Waals surface area contributed by atoms with Gasteiger partial charge in [-0.1, -0.05) is 0 Å². The Balaban J connectivity index is -0.000000320. The molecule has 11 heavy (non-hydrogen) atoms. The molecule has 0 aliphatic carbocycles. The van der Waals surface area contributed by atoms with E-state index in [2.05, 4.69) is 25.3 Å². The molecule has 0 bridgehead atoms. The first kappa shape index (κ1) is 19.2. The zero-order chi connectivity index (χ0) is 7.49. The Kier molecular flexibility index (Phi) is 16.0. The molecular weight excluding hydrogens is 226 g/mol. The van der Waals surface area contributed by atoms with Crippen molar-refractivity contribution in [2.24, 2.45) is 0 Å². The summed E-state index contributed by atoms with van der Waals surface area (Å²) < 4.78 is 29.9. The maximum Gasteiger partial charge on any atom is 1.00 e. The van der Waals surface area contributed by atoms with Crippen molar-refractivity contribution in [3.8, 4) is 0 Å². The second-order valence-corrected chi connectivity index (χ2v) is 4.10. The molecule has 0 aliphatic heterocycles. The second kappa shape index (κ2) is 9.18. The first-order valence-corrected chi connectivity index (χ1v) is 4.91. The summed E-state index contributed by atoms with van der Waals surface area (Å²) in [5.74, 6) is -0.149. The van der Waals surface area contributed by atoms with Gasteiger partial charge in [0.25, 0.3) is 0 Å². The quantitative estimate of drug-likeness (QED) is 0.290. The molecule has 0 N–H and O–H groups in total. The van der Waals surface area contributed by atoms with Gasteiger partial charge < -0.3 is 4.55 Å². The standard InChI is InChI=1S/C3H8O3S3.2Na/c4-9(5,6)2-3(8)1-7;;/h3,7-8H,1-2H2,(H,4,5,6);;/q;2*+1/p-1. The Morgan fingerprint density at radius 2 is 1.73 bits per heavy atom. The predicted molar refractivity (Wildman–Crippen MR) is 41.2 cm³/mol. The molecule has 0 aromatic carbocycles. The molecule has 1 atom stereocenters. The van der Waals surface area contributed by atoms with Crippen molar-refractivity contribution in [2.45, 2.75) is 5.25 Å². The van der Waals surface area contributed by atoms with E-state index < -0.39 is 21.1 Å². The normalized spacial score (nSPS) is 12.6. The summed E-state index contributed by atoms with van der Waals surface area (Å²) in [6, 6.07) is 0. The van der Waals surface area contributed by atoms with Crippen LogP contribution in [0.3, 0.4) is 0 Å². The topological polar surface area (TPSA) is 57.2 Å². The molecule has 56 valence electrons. The van der Waals surface area contributed by atoms with Gasteiger partial charge in [-0.2, -0.15) is 25.3 Å². The summed E-state index contributed by atoms with van der Waals surface area (Å²) in [7, 11) is -4.11. The van der Waals surface area contributed by atoms with Crippen molar-refractivity contribution in [1.82, 2.24) is 0 Å². The number of hydrogen-bond donors (Lipinski definition) is 2. The molecule has 0 aromatic heterocycles. The molecular formula is C3H7Na2O3S3+. The summed E-state index contributed by atoms with van der Waals surface area (Å²) in [6.45, 7) is 0. The van der Waals surface area contributed by atoms with Crippen molar-refractivity contribution < 1.29 is 72.1 Å². The molecule has 0 amide bonds. The van der Waals surface area contributed by atoms with Crippen LogP contribution in [0.15, 0.2) is 0 Å². The van der Waals surface area contributed by atoms with Gasteiger partial charge in [0.2, 0.25) is 0 Å². The molecule has 3 nitrogen and oxygen atoms in total. The fourth-order valence-electron chi connectivity index (χ4n) is 0.288. The van der Waals surface area contributed by atoms with Crippen molar-refractivity contribution in [1.29, 1.82) is 0 Å². The molecule has 0 spiro atoms. The molecule has 0 fully saturated rings. The Morgan fingerprint density at radius 3 is 1.82 bits per heavy atom. The maximum atomic E-state index is 9.96. The van der Waals surface area contributed by atoms with Gasteiger partial charge in [-0.15, -0.1) is 0 Å². The van der Waals surface area contributed by atoms with E-state index in [1.807, 2.05) is 0 Å². The molecule has 1 unspecified atom stereocenters. The monoisotopic (exact) mass is 233 g/mol. The zero-order valence-electron chi connectivity index (χ0n) is 6.52. The third-order valence-electron chi connectivity index (χ3n) is 0.607. The van der Waals surface area contributed by atoms with Crippen LogP contribution in [0.5, 0.6) is 0 Å². The van der Waals surface area contributed by atoms with Gasteiger partial charge in [-0.3, -0.25) is 0 Å². The van der Waals surface area contributed by atoms with E-state index in [4.69, 9.17) is 0 Å². The summed E-state index contributed by atoms with van der Waals surface area (Å²) in [5, 5.41) is -0.448. The fourth-order valence-corrected chi connectivity index (χ4v) is 1.73. The first-order chi connectivity index (χ1) is 3.95. The smallest absolute Gasteiger partial charge is 0.748 e. The van der Waals surface area contributed by atoms with Gasteiger partial charge in [-0.25, -0.2) is 8.42 Å². The van der Waals surface area contributed by atoms with Crippen LogP contribution >= 0.6 is 25.3 Å². The number of hydrogen-bond acceptors (Lipinski definition) is 5. The van der Waals surface area contributed by atoms with Crippen molar-refractivity contribution in [3.05, 3.63) is 0 Å². The Morgan fingerprint density at radius 1 is 1.36 bits per heavy atom. The SMILES string of the molecule is O=S(=O)([O-])CC(S)CS.[Na+].[Na+]. The first-order valence-electron chi connectivity index (χ1n) is 2.18. The van der Waals surface area contributed by atoms with Crippen molar-refractivity contribution >= 4 is 35.4 Å². The largest absolute Gasteiger partial charge is 1.00 e. The average molecular weight is 233 g/mol. The molecule has 0 heterocycles. The van der Waals surface area contributed by atoms with E-state index in [1.165, 1.54) is 0 Å². The average Bonchev–Trinajstić information content (AvgIpc) is 1.62. The number of thiol groups is 2. The van der Waals surface area contributed by atoms with Crippen LogP contribution in [-0.4, -0.2) is 29.7 Å². The van der Waals surface area contributed by atoms with E-state index in [1.54, 1.807) is 0 Å². The Hall–Kier alpha value is 2.61. The van der Waals surface area contributed by atoms with Gasteiger partial charge in [0, 0.05) is 11.0 Å². The van der Waals surface area contributed by atoms with Crippen LogP contribution in [0.1, 0.15) is 0 Å². The summed E-state index contributed by atoms with van der Waals surface area (Å²) in [4.78, 5) is 0. The van der Waals surface area contributed by atoms with Gasteiger partial charge >= 0.3 is 59.1 Å². The minimum atomic E-state index is -4.11. The van der Waals surface area contributed by atoms with E-state index in [9.17, 15) is 13.0 Å². The summed E-state index contributed by atoms with van der Waals surface area (Å²) in [5.41, 5.74) is 0. The van der Waals surface area contributed by atoms with Crippen LogP contribution in [-0.2, 0) is 10.1 Å². The van der Waals surface area contributed by atoms with E-state index in [0.29, 0.717) is 5.75 Å². The van der Waals surface area contributed by atoms with Crippen LogP contribution in [0.4, 0.5) is 0 Å². The van der Waals surface area contributed by atoms with Crippen LogP contribution in [0.2, 0.25) is 0 Å². The van der Waals surface area contributed by atoms with Crippen LogP contribution in [0.25, 0.3) is 0 Å².